The fraction of sp³-hybridized carbons (Fsp3) is 0.156. The van der Waals surface area contributed by atoms with Gasteiger partial charge in [-0.15, -0.1) is 23.1 Å². The Labute approximate surface area is 266 Å². The number of thiazole rings is 1. The van der Waals surface area contributed by atoms with Gasteiger partial charge in [-0.25, -0.2) is 9.78 Å². The molecule has 6 rings (SSSR count). The van der Waals surface area contributed by atoms with E-state index in [0.717, 1.165) is 32.9 Å². The summed E-state index contributed by atoms with van der Waals surface area (Å²) in [6.07, 6.45) is 0. The average Bonchev–Trinajstić information content (AvgIpc) is 3.51. The normalized spacial score (nSPS) is 18.2. The number of aliphatic hydroxyl groups is 1. The highest BCUT2D eigenvalue weighted by Crippen LogP contribution is 2.42. The van der Waals surface area contributed by atoms with Gasteiger partial charge in [0, 0.05) is 27.8 Å². The SMILES string of the molecule is Nc1nc(/C(=N/OC(c2ccccc2)(c2ccccc2)c2ccccc2)C(=O)N[C@@H]2C(=O)N3C(C(=O)O)=C(CO)CS[C@H]23)cs1. The number of aromatic nitrogens is 1. The number of carboxylic acids is 1. The van der Waals surface area contributed by atoms with Gasteiger partial charge in [0.25, 0.3) is 11.8 Å². The molecule has 2 amide bonds. The molecule has 2 aliphatic rings. The van der Waals surface area contributed by atoms with Gasteiger partial charge in [-0.3, -0.25) is 14.5 Å². The number of hydrogen-bond acceptors (Lipinski definition) is 10. The number of fused-ring (bicyclic) bond motifs is 1. The number of anilines is 1. The summed E-state index contributed by atoms with van der Waals surface area (Å²) in [6, 6.07) is 27.4. The summed E-state index contributed by atoms with van der Waals surface area (Å²) in [5.74, 6) is -2.50. The summed E-state index contributed by atoms with van der Waals surface area (Å²) in [4.78, 5) is 50.8. The Balaban J connectivity index is 1.40. The Kier molecular flexibility index (Phi) is 8.39. The second-order valence-corrected chi connectivity index (χ2v) is 12.2. The summed E-state index contributed by atoms with van der Waals surface area (Å²) >= 11 is 2.36. The first-order valence-corrected chi connectivity index (χ1v) is 15.7. The van der Waals surface area contributed by atoms with Gasteiger partial charge in [0.1, 0.15) is 22.8 Å². The maximum atomic E-state index is 13.9. The van der Waals surface area contributed by atoms with Crippen molar-refractivity contribution in [2.24, 2.45) is 5.16 Å². The number of nitrogen functional groups attached to an aromatic ring is 1. The monoisotopic (exact) mass is 641 g/mol. The lowest BCUT2D eigenvalue weighted by Gasteiger charge is -2.49. The minimum Gasteiger partial charge on any atom is -0.477 e. The first kappa shape index (κ1) is 30.1. The lowest BCUT2D eigenvalue weighted by molar-refractivity contribution is -0.150. The maximum Gasteiger partial charge on any atom is 0.352 e. The zero-order valence-corrected chi connectivity index (χ0v) is 25.2. The molecule has 13 heteroatoms. The second-order valence-electron chi connectivity index (χ2n) is 10.2. The first-order chi connectivity index (χ1) is 21.8. The van der Waals surface area contributed by atoms with E-state index >= 15 is 0 Å². The van der Waals surface area contributed by atoms with Crippen LogP contribution in [0.1, 0.15) is 22.4 Å². The van der Waals surface area contributed by atoms with Crippen molar-refractivity contribution in [3.8, 4) is 0 Å². The number of thioether (sulfide) groups is 1. The van der Waals surface area contributed by atoms with Crippen LogP contribution in [0.15, 0.2) is 113 Å². The second kappa shape index (κ2) is 12.6. The number of carbonyl (C=O) groups is 3. The molecule has 11 nitrogen and oxygen atoms in total. The Morgan fingerprint density at radius 1 is 1.00 bits per heavy atom. The van der Waals surface area contributed by atoms with Crippen LogP contribution in [0.2, 0.25) is 0 Å². The molecular formula is C32H27N5O6S2. The molecule has 45 heavy (non-hydrogen) atoms. The number of aliphatic hydroxyl groups excluding tert-OH is 1. The van der Waals surface area contributed by atoms with Gasteiger partial charge in [-0.1, -0.05) is 96.2 Å². The van der Waals surface area contributed by atoms with E-state index in [9.17, 15) is 24.6 Å². The number of oxime groups is 1. The van der Waals surface area contributed by atoms with Crippen molar-refractivity contribution in [3.63, 3.8) is 0 Å². The van der Waals surface area contributed by atoms with Crippen LogP contribution in [0.4, 0.5) is 5.13 Å². The number of benzene rings is 3. The fourth-order valence-electron chi connectivity index (χ4n) is 5.41. The molecule has 3 aromatic carbocycles. The van der Waals surface area contributed by atoms with Crippen LogP contribution >= 0.6 is 23.1 Å². The predicted molar refractivity (Wildman–Crippen MR) is 170 cm³/mol. The van der Waals surface area contributed by atoms with Gasteiger partial charge in [0.2, 0.25) is 5.60 Å². The summed E-state index contributed by atoms with van der Waals surface area (Å²) in [5, 5.41) is 27.6. The third kappa shape index (κ3) is 5.45. The van der Waals surface area contributed by atoms with Gasteiger partial charge in [0.05, 0.1) is 6.61 Å². The molecule has 3 heterocycles. The van der Waals surface area contributed by atoms with Gasteiger partial charge in [-0.2, -0.15) is 0 Å². The molecule has 228 valence electrons. The van der Waals surface area contributed by atoms with E-state index in [1.807, 2.05) is 91.0 Å². The molecule has 0 saturated carbocycles. The van der Waals surface area contributed by atoms with Crippen molar-refractivity contribution in [3.05, 3.63) is 130 Å². The number of carboxylic acid groups (broad SMARTS) is 1. The van der Waals surface area contributed by atoms with Crippen LogP contribution in [0.5, 0.6) is 0 Å². The van der Waals surface area contributed by atoms with Crippen LogP contribution < -0.4 is 11.1 Å². The molecule has 0 aliphatic carbocycles. The van der Waals surface area contributed by atoms with Gasteiger partial charge >= 0.3 is 5.97 Å². The van der Waals surface area contributed by atoms with Crippen molar-refractivity contribution in [2.75, 3.05) is 18.1 Å². The molecule has 0 bridgehead atoms. The van der Waals surface area contributed by atoms with E-state index in [2.05, 4.69) is 15.5 Å². The van der Waals surface area contributed by atoms with Crippen molar-refractivity contribution < 1.29 is 29.4 Å². The minimum atomic E-state index is -1.32. The highest BCUT2D eigenvalue weighted by atomic mass is 32.2. The number of nitrogens with zero attached hydrogens (tertiary/aromatic N) is 3. The first-order valence-electron chi connectivity index (χ1n) is 13.8. The molecule has 1 saturated heterocycles. The van der Waals surface area contributed by atoms with E-state index in [0.29, 0.717) is 0 Å². The maximum absolute atomic E-state index is 13.9. The molecule has 5 N–H and O–H groups in total. The van der Waals surface area contributed by atoms with Crippen LogP contribution in [-0.4, -0.2) is 67.4 Å². The molecule has 2 atom stereocenters. The number of rotatable bonds is 10. The van der Waals surface area contributed by atoms with E-state index in [-0.39, 0.29) is 33.6 Å². The topological polar surface area (TPSA) is 167 Å². The van der Waals surface area contributed by atoms with E-state index in [1.165, 1.54) is 11.8 Å². The van der Waals surface area contributed by atoms with Crippen LogP contribution in [0.25, 0.3) is 0 Å². The molecule has 4 aromatic rings. The highest BCUT2D eigenvalue weighted by Gasteiger charge is 2.54. The number of aliphatic carboxylic acids is 1. The number of nitrogens with two attached hydrogens (primary N) is 1. The third-order valence-electron chi connectivity index (χ3n) is 7.52. The number of amides is 2. The Hall–Kier alpha value is -4.98. The average molecular weight is 642 g/mol. The molecule has 2 aliphatic heterocycles. The summed E-state index contributed by atoms with van der Waals surface area (Å²) in [6.45, 7) is -0.493. The third-order valence-corrected chi connectivity index (χ3v) is 9.54. The number of carbonyl (C=O) groups excluding carboxylic acids is 2. The Morgan fingerprint density at radius 3 is 2.02 bits per heavy atom. The van der Waals surface area contributed by atoms with Crippen molar-refractivity contribution in [1.29, 1.82) is 0 Å². The summed E-state index contributed by atoms with van der Waals surface area (Å²) in [5.41, 5.74) is 6.78. The zero-order valence-electron chi connectivity index (χ0n) is 23.6. The van der Waals surface area contributed by atoms with E-state index in [4.69, 9.17) is 10.6 Å². The number of nitrogens with one attached hydrogen (secondary N) is 1. The van der Waals surface area contributed by atoms with Crippen molar-refractivity contribution in [2.45, 2.75) is 17.0 Å². The summed E-state index contributed by atoms with van der Waals surface area (Å²) in [7, 11) is 0. The molecular weight excluding hydrogens is 615 g/mol. The van der Waals surface area contributed by atoms with Crippen LogP contribution in [0, 0.1) is 0 Å². The Bertz CT molecular complexity index is 1700. The van der Waals surface area contributed by atoms with Crippen molar-refractivity contribution >= 4 is 51.7 Å². The van der Waals surface area contributed by atoms with Gasteiger partial charge in [0.15, 0.2) is 10.8 Å². The lowest BCUT2D eigenvalue weighted by atomic mass is 9.80. The van der Waals surface area contributed by atoms with Crippen LogP contribution in [-0.2, 0) is 24.8 Å². The molecule has 0 radical (unpaired) electrons. The van der Waals surface area contributed by atoms with Gasteiger partial charge in [-0.05, 0) is 5.57 Å². The molecule has 0 unspecified atom stereocenters. The molecule has 0 spiro atoms. The zero-order chi connectivity index (χ0) is 31.6. The Morgan fingerprint density at radius 2 is 1.56 bits per heavy atom. The standard InChI is InChI=1S/C32H27N5O6S2/c33-31-34-23(18-45-31)24(27(39)35-25-28(40)37-26(30(41)42)19(16-38)17-44-29(25)37)36-43-32(20-10-4-1-5-11-20,21-12-6-2-7-13-21)22-14-8-3-9-15-22/h1-15,18,25,29,38H,16-17H2,(H2,33,34)(H,35,39)(H,41,42)/b36-24-/t25-,29-/m1/s1. The fourth-order valence-corrected chi connectivity index (χ4v) is 7.29. The molecule has 1 aromatic heterocycles. The number of β-lactam (4-membered cyclic amide) rings is 1. The van der Waals surface area contributed by atoms with Crippen LogP contribution in [0.3, 0.4) is 0 Å². The minimum absolute atomic E-state index is 0.145. The predicted octanol–water partition coefficient (Wildman–Crippen LogP) is 3.17. The largest absolute Gasteiger partial charge is 0.477 e. The van der Waals surface area contributed by atoms with Crippen molar-refractivity contribution in [1.82, 2.24) is 15.2 Å². The molecule has 1 fully saturated rings. The smallest absolute Gasteiger partial charge is 0.352 e. The summed E-state index contributed by atoms with van der Waals surface area (Å²) < 4.78 is 0. The van der Waals surface area contributed by atoms with E-state index in [1.54, 1.807) is 5.38 Å². The van der Waals surface area contributed by atoms with Gasteiger partial charge < -0.3 is 26.1 Å². The quantitative estimate of drug-likeness (QED) is 0.0880. The van der Waals surface area contributed by atoms with E-state index < -0.39 is 41.4 Å². The highest BCUT2D eigenvalue weighted by molar-refractivity contribution is 8.00. The number of hydrogen-bond donors (Lipinski definition) is 4. The lowest BCUT2D eigenvalue weighted by Crippen LogP contribution is -2.71.